The Morgan fingerprint density at radius 2 is 1.35 bits per heavy atom. The predicted octanol–water partition coefficient (Wildman–Crippen LogP) is 9.44. The van der Waals surface area contributed by atoms with E-state index >= 15 is 0 Å². The summed E-state index contributed by atoms with van der Waals surface area (Å²) in [7, 11) is 1.85. The van der Waals surface area contributed by atoms with Gasteiger partial charge in [0.2, 0.25) is 0 Å². The van der Waals surface area contributed by atoms with Crippen LogP contribution in [0.5, 0.6) is 0 Å². The minimum atomic E-state index is 0. The molecule has 1 nitrogen and oxygen atoms in total. The Balaban J connectivity index is -0.000000223. The van der Waals surface area contributed by atoms with Crippen molar-refractivity contribution in [2.75, 3.05) is 7.05 Å². The third-order valence-corrected chi connectivity index (χ3v) is 4.41. The van der Waals surface area contributed by atoms with Gasteiger partial charge in [-0.1, -0.05) is 118 Å². The SMILES string of the molecule is C=C(/C=C\C(CC)=NC)C(CCC)CCCC.CC.CCCCCCC.[HH]. The van der Waals surface area contributed by atoms with Gasteiger partial charge < -0.3 is 0 Å². The van der Waals surface area contributed by atoms with E-state index in [1.54, 1.807) is 0 Å². The minimum absolute atomic E-state index is 0. The summed E-state index contributed by atoms with van der Waals surface area (Å²) >= 11 is 0. The van der Waals surface area contributed by atoms with E-state index in [2.05, 4.69) is 58.3 Å². The fourth-order valence-corrected chi connectivity index (χ4v) is 2.68. The van der Waals surface area contributed by atoms with Crippen LogP contribution in [0.3, 0.4) is 0 Å². The number of hydrogen-bond donors (Lipinski definition) is 0. The van der Waals surface area contributed by atoms with E-state index in [0.29, 0.717) is 5.92 Å². The first-order chi connectivity index (χ1) is 12.6. The molecule has 0 bridgehead atoms. The molecule has 0 aromatic rings. The molecule has 0 aromatic heterocycles. The Morgan fingerprint density at radius 1 is 0.808 bits per heavy atom. The van der Waals surface area contributed by atoms with Gasteiger partial charge in [-0.25, -0.2) is 0 Å². The van der Waals surface area contributed by atoms with Gasteiger partial charge in [0.1, 0.15) is 0 Å². The Morgan fingerprint density at radius 3 is 1.73 bits per heavy atom. The highest BCUT2D eigenvalue weighted by atomic mass is 14.7. The molecule has 0 amide bonds. The Kier molecular flexibility index (Phi) is 30.3. The molecule has 0 aliphatic carbocycles. The van der Waals surface area contributed by atoms with Crippen molar-refractivity contribution in [1.82, 2.24) is 0 Å². The number of allylic oxidation sites excluding steroid dienone is 3. The highest BCUT2D eigenvalue weighted by molar-refractivity contribution is 5.94. The van der Waals surface area contributed by atoms with Crippen LogP contribution in [-0.4, -0.2) is 12.8 Å². The van der Waals surface area contributed by atoms with E-state index in [1.807, 2.05) is 20.9 Å². The van der Waals surface area contributed by atoms with Crippen LogP contribution in [0.25, 0.3) is 0 Å². The quantitative estimate of drug-likeness (QED) is 0.174. The Labute approximate surface area is 169 Å². The maximum absolute atomic E-state index is 4.23. The normalized spacial score (nSPS) is 12.1. The Hall–Kier alpha value is -0.850. The third kappa shape index (κ3) is 21.2. The van der Waals surface area contributed by atoms with Crippen LogP contribution in [-0.2, 0) is 0 Å². The van der Waals surface area contributed by atoms with Crippen molar-refractivity contribution in [3.8, 4) is 0 Å². The van der Waals surface area contributed by atoms with Gasteiger partial charge in [-0.3, -0.25) is 4.99 Å². The van der Waals surface area contributed by atoms with Crippen molar-refractivity contribution >= 4 is 5.71 Å². The van der Waals surface area contributed by atoms with Crippen LogP contribution >= 0.6 is 0 Å². The zero-order valence-corrected chi connectivity index (χ0v) is 19.7. The van der Waals surface area contributed by atoms with Gasteiger partial charge in [-0.15, -0.1) is 0 Å². The molecule has 0 N–H and O–H groups in total. The van der Waals surface area contributed by atoms with Gasteiger partial charge in [0.25, 0.3) is 0 Å². The molecule has 1 unspecified atom stereocenters. The number of rotatable bonds is 13. The summed E-state index contributed by atoms with van der Waals surface area (Å²) in [6, 6.07) is 0. The second-order valence-corrected chi connectivity index (χ2v) is 6.67. The third-order valence-electron chi connectivity index (χ3n) is 4.41. The minimum Gasteiger partial charge on any atom is -0.293 e. The first-order valence-corrected chi connectivity index (χ1v) is 11.4. The smallest absolute Gasteiger partial charge is 0.0342 e. The molecule has 158 valence electrons. The van der Waals surface area contributed by atoms with Crippen molar-refractivity contribution in [3.05, 3.63) is 24.3 Å². The molecule has 0 saturated heterocycles. The average molecular weight is 368 g/mol. The standard InChI is InChI=1S/C16H29N.C7H16.C2H6.H2/c1-6-9-11-15(10-7-2)14(4)12-13-16(8-3)17-5;1-3-5-7-6-4-2;1-2;/h12-13,15H,4,6-11H2,1-3,5H3;3-7H2,1-2H3;1-2H3;1H/b13-12-,17-16?;;;. The molecule has 0 radical (unpaired) electrons. The van der Waals surface area contributed by atoms with Gasteiger partial charge in [0, 0.05) is 14.2 Å². The van der Waals surface area contributed by atoms with Crippen LogP contribution in [0.2, 0.25) is 0 Å². The summed E-state index contributed by atoms with van der Waals surface area (Å²) in [5.74, 6) is 0.658. The first-order valence-electron chi connectivity index (χ1n) is 11.4. The molecule has 0 aromatic carbocycles. The summed E-state index contributed by atoms with van der Waals surface area (Å²) in [6.07, 6.45) is 18.6. The van der Waals surface area contributed by atoms with Gasteiger partial charge >= 0.3 is 0 Å². The topological polar surface area (TPSA) is 12.4 Å². The zero-order chi connectivity index (χ0) is 20.6. The van der Waals surface area contributed by atoms with Gasteiger partial charge in [-0.05, 0) is 31.3 Å². The molecular weight excluding hydrogens is 314 g/mol. The molecule has 0 saturated carbocycles. The molecule has 0 spiro atoms. The summed E-state index contributed by atoms with van der Waals surface area (Å²) < 4.78 is 0. The highest BCUT2D eigenvalue weighted by Gasteiger charge is 2.08. The van der Waals surface area contributed by atoms with Crippen molar-refractivity contribution in [2.45, 2.75) is 119 Å². The molecule has 0 rings (SSSR count). The van der Waals surface area contributed by atoms with Gasteiger partial charge in [0.15, 0.2) is 0 Å². The van der Waals surface area contributed by atoms with E-state index < -0.39 is 0 Å². The van der Waals surface area contributed by atoms with Crippen molar-refractivity contribution in [1.29, 1.82) is 0 Å². The lowest BCUT2D eigenvalue weighted by molar-refractivity contribution is 0.497. The molecule has 1 heteroatoms. The number of nitrogens with zero attached hydrogens (tertiary/aromatic N) is 1. The second-order valence-electron chi connectivity index (χ2n) is 6.67. The predicted molar refractivity (Wildman–Crippen MR) is 128 cm³/mol. The molecular formula is C25H53N. The van der Waals surface area contributed by atoms with E-state index in [9.17, 15) is 0 Å². The average Bonchev–Trinajstić information content (AvgIpc) is 2.68. The van der Waals surface area contributed by atoms with Gasteiger partial charge in [0.05, 0.1) is 0 Å². The zero-order valence-electron chi connectivity index (χ0n) is 19.7. The lowest BCUT2D eigenvalue weighted by atomic mass is 9.90. The fraction of sp³-hybridized carbons (Fsp3) is 0.800. The van der Waals surface area contributed by atoms with Crippen LogP contribution in [0.15, 0.2) is 29.3 Å². The molecule has 26 heavy (non-hydrogen) atoms. The summed E-state index contributed by atoms with van der Waals surface area (Å²) in [5.41, 5.74) is 2.42. The maximum atomic E-state index is 4.23. The van der Waals surface area contributed by atoms with Crippen LogP contribution < -0.4 is 0 Å². The Bertz CT molecular complexity index is 327. The summed E-state index contributed by atoms with van der Waals surface area (Å²) in [5, 5.41) is 0. The van der Waals surface area contributed by atoms with Gasteiger partial charge in [-0.2, -0.15) is 0 Å². The highest BCUT2D eigenvalue weighted by Crippen LogP contribution is 2.23. The van der Waals surface area contributed by atoms with E-state index in [1.165, 1.54) is 69.8 Å². The van der Waals surface area contributed by atoms with Crippen LogP contribution in [0.1, 0.15) is 121 Å². The van der Waals surface area contributed by atoms with E-state index in [0.717, 1.165) is 12.1 Å². The number of unbranched alkanes of at least 4 members (excludes halogenated alkanes) is 5. The number of hydrogen-bond acceptors (Lipinski definition) is 1. The van der Waals surface area contributed by atoms with Crippen molar-refractivity contribution < 1.29 is 1.43 Å². The van der Waals surface area contributed by atoms with E-state index in [4.69, 9.17) is 0 Å². The van der Waals surface area contributed by atoms with Crippen molar-refractivity contribution in [3.63, 3.8) is 0 Å². The summed E-state index contributed by atoms with van der Waals surface area (Å²) in [4.78, 5) is 4.23. The molecule has 0 aliphatic heterocycles. The number of aliphatic imine (C=N–C) groups is 1. The monoisotopic (exact) mass is 367 g/mol. The first kappa shape index (κ1) is 29.9. The van der Waals surface area contributed by atoms with E-state index in [-0.39, 0.29) is 1.43 Å². The molecule has 0 aliphatic rings. The molecule has 0 heterocycles. The molecule has 1 atom stereocenters. The molecule has 0 fully saturated rings. The second kappa shape index (κ2) is 26.4. The van der Waals surface area contributed by atoms with Crippen molar-refractivity contribution in [2.24, 2.45) is 10.9 Å². The lowest BCUT2D eigenvalue weighted by Crippen LogP contribution is -2.02. The lowest BCUT2D eigenvalue weighted by Gasteiger charge is -2.16. The van der Waals surface area contributed by atoms with Crippen LogP contribution in [0, 0.1) is 5.92 Å². The summed E-state index contributed by atoms with van der Waals surface area (Å²) in [6.45, 7) is 19.4. The fourth-order valence-electron chi connectivity index (χ4n) is 2.68. The largest absolute Gasteiger partial charge is 0.293 e. The van der Waals surface area contributed by atoms with Crippen LogP contribution in [0.4, 0.5) is 0 Å². The maximum Gasteiger partial charge on any atom is 0.0342 e.